The molecule has 2 saturated carbocycles. The van der Waals surface area contributed by atoms with Gasteiger partial charge in [-0.15, -0.1) is 5.10 Å². The Hall–Kier alpha value is -3.54. The molecule has 0 spiro atoms. The lowest BCUT2D eigenvalue weighted by atomic mass is 9.75. The van der Waals surface area contributed by atoms with Crippen molar-refractivity contribution in [1.29, 1.82) is 0 Å². The quantitative estimate of drug-likeness (QED) is 0.408. The van der Waals surface area contributed by atoms with Gasteiger partial charge in [0, 0.05) is 19.6 Å². The van der Waals surface area contributed by atoms with Crippen LogP contribution in [0.2, 0.25) is 0 Å². The fourth-order valence-corrected chi connectivity index (χ4v) is 5.11. The second-order valence-electron chi connectivity index (χ2n) is 9.94. The molecule has 0 aliphatic heterocycles. The van der Waals surface area contributed by atoms with Gasteiger partial charge < -0.3 is 24.4 Å². The molecular formula is C25H33N7O5. The Morgan fingerprint density at radius 3 is 2.84 bits per heavy atom. The number of aliphatic hydroxyl groups is 1. The second kappa shape index (κ2) is 10.8. The predicted molar refractivity (Wildman–Crippen MR) is 132 cm³/mol. The smallest absolute Gasteiger partial charge is 0.308 e. The number of aromatic nitrogens is 6. The summed E-state index contributed by atoms with van der Waals surface area (Å²) in [5.74, 6) is 1.94. The van der Waals surface area contributed by atoms with E-state index in [0.29, 0.717) is 47.9 Å². The molecule has 12 nitrogen and oxygen atoms in total. The molecule has 3 aromatic rings. The summed E-state index contributed by atoms with van der Waals surface area (Å²) < 4.78 is 18.2. The molecule has 3 heterocycles. The van der Waals surface area contributed by atoms with Crippen molar-refractivity contribution in [3.8, 4) is 17.1 Å². The highest BCUT2D eigenvalue weighted by molar-refractivity contribution is 5.72. The first-order chi connectivity index (χ1) is 17.9. The van der Waals surface area contributed by atoms with Crippen LogP contribution in [0, 0.1) is 18.8 Å². The number of nitrogens with zero attached hydrogens (tertiary/aromatic N) is 6. The van der Waals surface area contributed by atoms with E-state index in [2.05, 4.69) is 25.8 Å². The number of aliphatic hydroxyl groups excluding tert-OH is 1. The molecule has 0 saturated heterocycles. The molecule has 37 heavy (non-hydrogen) atoms. The molecule has 0 radical (unpaired) electrons. The predicted octanol–water partition coefficient (Wildman–Crippen LogP) is 2.78. The summed E-state index contributed by atoms with van der Waals surface area (Å²) >= 11 is 0. The number of aryl methyl sites for hydroxylation is 2. The molecule has 2 N–H and O–H groups in total. The van der Waals surface area contributed by atoms with E-state index < -0.39 is 0 Å². The Bertz CT molecular complexity index is 1240. The lowest BCUT2D eigenvalue weighted by Gasteiger charge is -2.30. The van der Waals surface area contributed by atoms with Crippen LogP contribution in [0.25, 0.3) is 11.4 Å². The zero-order valence-electron chi connectivity index (χ0n) is 21.4. The number of hydrogen-bond acceptors (Lipinski definition) is 11. The van der Waals surface area contributed by atoms with Crippen molar-refractivity contribution in [2.24, 2.45) is 18.9 Å². The lowest BCUT2D eigenvalue weighted by molar-refractivity contribution is -0.147. The molecular weight excluding hydrogens is 478 g/mol. The van der Waals surface area contributed by atoms with E-state index in [1.807, 2.05) is 26.1 Å². The standard InChI is InChI=1S/C25H33N7O5/c1-14-21(36-18-6-4-5-16(11-18)24(34)35-3)8-7-19(27-14)22-20(32(2)31-29-22)12-26-25-28-23(37-30-25)17-9-15(10-17)13-33/h7-8,15-18,33H,4-6,9-13H2,1-3H3,(H,26,30)/t15?,16-,17?,18-/m0/s1. The number of carbonyl (C=O) groups excluding carboxylic acids is 1. The van der Waals surface area contributed by atoms with E-state index in [0.717, 1.165) is 43.5 Å². The zero-order valence-corrected chi connectivity index (χ0v) is 21.4. The number of anilines is 1. The van der Waals surface area contributed by atoms with Crippen molar-refractivity contribution in [2.75, 3.05) is 19.0 Å². The number of hydrogen-bond donors (Lipinski definition) is 2. The van der Waals surface area contributed by atoms with Gasteiger partial charge in [0.1, 0.15) is 11.4 Å². The first-order valence-electron chi connectivity index (χ1n) is 12.7. The van der Waals surface area contributed by atoms with Crippen LogP contribution in [0.15, 0.2) is 16.7 Å². The highest BCUT2D eigenvalue weighted by atomic mass is 16.5. The van der Waals surface area contributed by atoms with Crippen LogP contribution in [-0.4, -0.2) is 61.0 Å². The zero-order chi connectivity index (χ0) is 25.9. The Balaban J connectivity index is 1.23. The summed E-state index contributed by atoms with van der Waals surface area (Å²) in [7, 11) is 3.25. The van der Waals surface area contributed by atoms with E-state index in [1.54, 1.807) is 4.68 Å². The number of methoxy groups -OCH3 is 1. The second-order valence-corrected chi connectivity index (χ2v) is 9.94. The Kier molecular flexibility index (Phi) is 7.36. The average molecular weight is 512 g/mol. The number of pyridine rings is 1. The van der Waals surface area contributed by atoms with E-state index in [-0.39, 0.29) is 30.5 Å². The number of esters is 1. The summed E-state index contributed by atoms with van der Waals surface area (Å²) in [5.41, 5.74) is 2.90. The van der Waals surface area contributed by atoms with Gasteiger partial charge >= 0.3 is 5.97 Å². The van der Waals surface area contributed by atoms with Gasteiger partial charge in [-0.3, -0.25) is 4.79 Å². The highest BCUT2D eigenvalue weighted by Gasteiger charge is 2.34. The maximum absolute atomic E-state index is 12.0. The maximum Gasteiger partial charge on any atom is 0.308 e. The first kappa shape index (κ1) is 25.1. The van der Waals surface area contributed by atoms with Crippen LogP contribution >= 0.6 is 0 Å². The van der Waals surface area contributed by atoms with Crippen LogP contribution in [0.3, 0.4) is 0 Å². The third-order valence-corrected chi connectivity index (χ3v) is 7.38. The molecule has 2 aliphatic rings. The van der Waals surface area contributed by atoms with Crippen LogP contribution in [0.5, 0.6) is 5.75 Å². The van der Waals surface area contributed by atoms with Gasteiger partial charge in [-0.2, -0.15) is 4.98 Å². The maximum atomic E-state index is 12.0. The molecule has 198 valence electrons. The summed E-state index contributed by atoms with van der Waals surface area (Å²) in [6.45, 7) is 2.48. The van der Waals surface area contributed by atoms with Gasteiger partial charge in [0.2, 0.25) is 5.89 Å². The minimum absolute atomic E-state index is 0.0465. The molecule has 0 unspecified atom stereocenters. The fourth-order valence-electron chi connectivity index (χ4n) is 5.11. The average Bonchev–Trinajstić information content (AvgIpc) is 3.49. The highest BCUT2D eigenvalue weighted by Crippen LogP contribution is 2.40. The van der Waals surface area contributed by atoms with Gasteiger partial charge in [0.15, 0.2) is 0 Å². The van der Waals surface area contributed by atoms with Crippen molar-refractivity contribution in [1.82, 2.24) is 30.1 Å². The van der Waals surface area contributed by atoms with Crippen LogP contribution < -0.4 is 10.1 Å². The fraction of sp³-hybridized carbons (Fsp3) is 0.600. The van der Waals surface area contributed by atoms with Gasteiger partial charge in [0.05, 0.1) is 42.8 Å². The molecule has 2 aliphatic carbocycles. The van der Waals surface area contributed by atoms with Crippen molar-refractivity contribution < 1.29 is 23.9 Å². The molecule has 12 heteroatoms. The molecule has 2 fully saturated rings. The molecule has 5 rings (SSSR count). The molecule has 0 aromatic carbocycles. The van der Waals surface area contributed by atoms with Gasteiger partial charge in [-0.05, 0) is 68.7 Å². The Labute approximate surface area is 214 Å². The van der Waals surface area contributed by atoms with Crippen molar-refractivity contribution >= 4 is 11.9 Å². The molecule has 2 atom stereocenters. The number of nitrogens with one attached hydrogen (secondary N) is 1. The first-order valence-corrected chi connectivity index (χ1v) is 12.7. The molecule has 0 amide bonds. The van der Waals surface area contributed by atoms with E-state index in [4.69, 9.17) is 19.0 Å². The third-order valence-electron chi connectivity index (χ3n) is 7.38. The largest absolute Gasteiger partial charge is 0.489 e. The SMILES string of the molecule is COC(=O)[C@H]1CCC[C@H](Oc2ccc(-c3nnn(C)c3CNc3noc(C4CC(CO)C4)n3)nc2C)C1. The van der Waals surface area contributed by atoms with Crippen molar-refractivity contribution in [3.63, 3.8) is 0 Å². The van der Waals surface area contributed by atoms with E-state index >= 15 is 0 Å². The Morgan fingerprint density at radius 2 is 2.08 bits per heavy atom. The topological polar surface area (TPSA) is 150 Å². The molecule has 3 aromatic heterocycles. The van der Waals surface area contributed by atoms with Crippen LogP contribution in [-0.2, 0) is 23.1 Å². The summed E-state index contributed by atoms with van der Waals surface area (Å²) in [5, 5.41) is 24.9. The van der Waals surface area contributed by atoms with Crippen LogP contribution in [0.1, 0.15) is 61.7 Å². The van der Waals surface area contributed by atoms with Gasteiger partial charge in [0.25, 0.3) is 5.95 Å². The minimum atomic E-state index is -0.169. The van der Waals surface area contributed by atoms with Crippen LogP contribution in [0.4, 0.5) is 5.95 Å². The van der Waals surface area contributed by atoms with E-state index in [1.165, 1.54) is 7.11 Å². The Morgan fingerprint density at radius 1 is 1.24 bits per heavy atom. The van der Waals surface area contributed by atoms with E-state index in [9.17, 15) is 9.90 Å². The van der Waals surface area contributed by atoms with Gasteiger partial charge in [-0.25, -0.2) is 9.67 Å². The van der Waals surface area contributed by atoms with Crippen molar-refractivity contribution in [2.45, 2.75) is 64.0 Å². The summed E-state index contributed by atoms with van der Waals surface area (Å²) in [6.07, 6.45) is 4.99. The lowest BCUT2D eigenvalue weighted by Crippen LogP contribution is -2.30. The van der Waals surface area contributed by atoms with Gasteiger partial charge in [-0.1, -0.05) is 5.21 Å². The number of carbonyl (C=O) groups is 1. The molecule has 0 bridgehead atoms. The summed E-state index contributed by atoms with van der Waals surface area (Å²) in [4.78, 5) is 21.1. The minimum Gasteiger partial charge on any atom is -0.489 e. The number of ether oxygens (including phenoxy) is 2. The summed E-state index contributed by atoms with van der Waals surface area (Å²) in [6, 6.07) is 3.77. The monoisotopic (exact) mass is 511 g/mol. The van der Waals surface area contributed by atoms with Crippen molar-refractivity contribution in [3.05, 3.63) is 29.4 Å². The third kappa shape index (κ3) is 5.43. The number of rotatable bonds is 9. The normalized spacial score (nSPS) is 23.4.